The quantitative estimate of drug-likeness (QED) is 0.923. The third-order valence-corrected chi connectivity index (χ3v) is 3.78. The van der Waals surface area contributed by atoms with E-state index in [-0.39, 0.29) is 5.92 Å². The van der Waals surface area contributed by atoms with E-state index in [4.69, 9.17) is 4.52 Å². The minimum Gasteiger partial charge on any atom is -0.337 e. The predicted molar refractivity (Wildman–Crippen MR) is 78.8 cm³/mol. The van der Waals surface area contributed by atoms with Crippen LogP contribution in [0.5, 0.6) is 0 Å². The fourth-order valence-electron chi connectivity index (χ4n) is 2.76. The van der Waals surface area contributed by atoms with Gasteiger partial charge in [-0.2, -0.15) is 4.98 Å². The van der Waals surface area contributed by atoms with Crippen molar-refractivity contribution in [2.24, 2.45) is 5.92 Å². The maximum atomic E-state index is 5.31. The van der Waals surface area contributed by atoms with Gasteiger partial charge in [-0.1, -0.05) is 43.3 Å². The van der Waals surface area contributed by atoms with Crippen molar-refractivity contribution in [3.05, 3.63) is 41.2 Å². The van der Waals surface area contributed by atoms with E-state index in [1.165, 1.54) is 17.5 Å². The lowest BCUT2D eigenvalue weighted by Gasteiger charge is -2.22. The average Bonchev–Trinajstić information content (AvgIpc) is 2.93. The van der Waals surface area contributed by atoms with Crippen LogP contribution in [0.3, 0.4) is 0 Å². The number of rotatable bonds is 4. The maximum absolute atomic E-state index is 5.31. The van der Waals surface area contributed by atoms with Crippen LogP contribution in [0.15, 0.2) is 28.8 Å². The first-order valence-electron chi connectivity index (χ1n) is 7.39. The summed E-state index contributed by atoms with van der Waals surface area (Å²) < 4.78 is 5.31. The van der Waals surface area contributed by atoms with Gasteiger partial charge in [0.1, 0.15) is 0 Å². The molecule has 2 aromatic rings. The molecular formula is C16H21N3O. The molecule has 4 nitrogen and oxygen atoms in total. The van der Waals surface area contributed by atoms with Crippen LogP contribution in [0.4, 0.5) is 6.01 Å². The molecule has 0 radical (unpaired) electrons. The highest BCUT2D eigenvalue weighted by Crippen LogP contribution is 2.35. The zero-order chi connectivity index (χ0) is 13.9. The molecule has 0 fully saturated rings. The monoisotopic (exact) mass is 271 g/mol. The van der Waals surface area contributed by atoms with Gasteiger partial charge in [-0.05, 0) is 36.3 Å². The average molecular weight is 271 g/mol. The van der Waals surface area contributed by atoms with Crippen molar-refractivity contribution in [1.29, 1.82) is 0 Å². The third-order valence-electron chi connectivity index (χ3n) is 3.78. The van der Waals surface area contributed by atoms with E-state index in [1.807, 2.05) is 0 Å². The molecule has 0 bridgehead atoms. The first-order chi connectivity index (χ1) is 9.74. The number of nitrogens with one attached hydrogen (secondary N) is 1. The molecule has 106 valence electrons. The first kappa shape index (κ1) is 13.2. The number of hydrogen-bond donors (Lipinski definition) is 1. The van der Waals surface area contributed by atoms with Gasteiger partial charge in [-0.25, -0.2) is 0 Å². The fraction of sp³-hybridized carbons (Fsp3) is 0.500. The van der Waals surface area contributed by atoms with Gasteiger partial charge in [0.25, 0.3) is 0 Å². The molecule has 4 heteroatoms. The molecule has 20 heavy (non-hydrogen) atoms. The van der Waals surface area contributed by atoms with Crippen molar-refractivity contribution >= 4 is 6.01 Å². The van der Waals surface area contributed by atoms with Crippen LogP contribution in [-0.2, 0) is 6.42 Å². The summed E-state index contributed by atoms with van der Waals surface area (Å²) in [6, 6.07) is 9.13. The van der Waals surface area contributed by atoms with Crippen molar-refractivity contribution in [3.8, 4) is 0 Å². The van der Waals surface area contributed by atoms with Crippen LogP contribution in [0.2, 0.25) is 0 Å². The predicted octanol–water partition coefficient (Wildman–Crippen LogP) is 3.61. The van der Waals surface area contributed by atoms with Crippen LogP contribution >= 0.6 is 0 Å². The Morgan fingerprint density at radius 1 is 1.35 bits per heavy atom. The molecule has 0 spiro atoms. The SMILES string of the molecule is CC(C)CNc1nc(C2CCCc3ccccc32)no1. The maximum Gasteiger partial charge on any atom is 0.321 e. The first-order valence-corrected chi connectivity index (χ1v) is 7.39. The van der Waals surface area contributed by atoms with Crippen LogP contribution in [-0.4, -0.2) is 16.7 Å². The van der Waals surface area contributed by atoms with Gasteiger partial charge in [-0.15, -0.1) is 0 Å². The van der Waals surface area contributed by atoms with Crippen molar-refractivity contribution in [2.75, 3.05) is 11.9 Å². The number of fused-ring (bicyclic) bond motifs is 1. The van der Waals surface area contributed by atoms with Crippen LogP contribution in [0, 0.1) is 5.92 Å². The number of nitrogens with zero attached hydrogens (tertiary/aromatic N) is 2. The molecule has 3 rings (SSSR count). The van der Waals surface area contributed by atoms with Crippen LogP contribution < -0.4 is 5.32 Å². The molecule has 1 N–H and O–H groups in total. The Kier molecular flexibility index (Phi) is 3.72. The highest BCUT2D eigenvalue weighted by atomic mass is 16.5. The van der Waals surface area contributed by atoms with Crippen molar-refractivity contribution in [1.82, 2.24) is 10.1 Å². The fourth-order valence-corrected chi connectivity index (χ4v) is 2.76. The van der Waals surface area contributed by atoms with Gasteiger partial charge in [-0.3, -0.25) is 0 Å². The largest absolute Gasteiger partial charge is 0.337 e. The van der Waals surface area contributed by atoms with Crippen molar-refractivity contribution < 1.29 is 4.52 Å². The Balaban J connectivity index is 1.80. The van der Waals surface area contributed by atoms with Gasteiger partial charge in [0.15, 0.2) is 5.82 Å². The highest BCUT2D eigenvalue weighted by Gasteiger charge is 2.25. The minimum atomic E-state index is 0.276. The molecule has 1 heterocycles. The summed E-state index contributed by atoms with van der Waals surface area (Å²) in [6.07, 6.45) is 3.44. The highest BCUT2D eigenvalue weighted by molar-refractivity contribution is 5.36. The molecule has 0 saturated heterocycles. The number of aryl methyl sites for hydroxylation is 1. The van der Waals surface area contributed by atoms with Gasteiger partial charge in [0, 0.05) is 12.5 Å². The summed E-state index contributed by atoms with van der Waals surface area (Å²) in [5.74, 6) is 1.64. The van der Waals surface area contributed by atoms with E-state index in [9.17, 15) is 0 Å². The second-order valence-electron chi connectivity index (χ2n) is 5.88. The standard InChI is InChI=1S/C16H21N3O/c1-11(2)10-17-16-18-15(19-20-16)14-9-5-7-12-6-3-4-8-13(12)14/h3-4,6,8,11,14H,5,7,9-10H2,1-2H3,(H,17,18,19). The van der Waals surface area contributed by atoms with Crippen molar-refractivity contribution in [3.63, 3.8) is 0 Å². The summed E-state index contributed by atoms with van der Waals surface area (Å²) in [7, 11) is 0. The molecule has 1 aliphatic rings. The van der Waals surface area contributed by atoms with Crippen LogP contribution in [0.25, 0.3) is 0 Å². The molecule has 1 atom stereocenters. The molecule has 0 amide bonds. The number of benzene rings is 1. The summed E-state index contributed by atoms with van der Waals surface area (Å²) in [4.78, 5) is 4.52. The van der Waals surface area contributed by atoms with Gasteiger partial charge in [0.05, 0.1) is 0 Å². The van der Waals surface area contributed by atoms with E-state index in [0.29, 0.717) is 11.9 Å². The third kappa shape index (κ3) is 2.69. The summed E-state index contributed by atoms with van der Waals surface area (Å²) in [5, 5.41) is 7.36. The number of hydrogen-bond acceptors (Lipinski definition) is 4. The second-order valence-corrected chi connectivity index (χ2v) is 5.88. The van der Waals surface area contributed by atoms with Crippen LogP contribution in [0.1, 0.15) is 49.6 Å². The lowest BCUT2D eigenvalue weighted by atomic mass is 9.82. The summed E-state index contributed by atoms with van der Waals surface area (Å²) >= 11 is 0. The van der Waals surface area contributed by atoms with E-state index >= 15 is 0 Å². The normalized spacial score (nSPS) is 18.1. The molecule has 0 aliphatic heterocycles. The topological polar surface area (TPSA) is 51.0 Å². The van der Waals surface area contributed by atoms with Gasteiger partial charge in [0.2, 0.25) is 0 Å². The lowest BCUT2D eigenvalue weighted by Crippen LogP contribution is -2.12. The van der Waals surface area contributed by atoms with E-state index in [1.54, 1.807) is 0 Å². The Morgan fingerprint density at radius 3 is 3.05 bits per heavy atom. The Hall–Kier alpha value is -1.84. The van der Waals surface area contributed by atoms with E-state index in [0.717, 1.165) is 25.2 Å². The molecular weight excluding hydrogens is 250 g/mol. The Bertz CT molecular complexity index is 577. The van der Waals surface area contributed by atoms with E-state index in [2.05, 4.69) is 53.6 Å². The Morgan fingerprint density at radius 2 is 2.20 bits per heavy atom. The van der Waals surface area contributed by atoms with Gasteiger partial charge < -0.3 is 9.84 Å². The molecule has 1 aromatic carbocycles. The van der Waals surface area contributed by atoms with Gasteiger partial charge >= 0.3 is 6.01 Å². The zero-order valence-electron chi connectivity index (χ0n) is 12.1. The smallest absolute Gasteiger partial charge is 0.321 e. The molecule has 1 aromatic heterocycles. The van der Waals surface area contributed by atoms with E-state index < -0.39 is 0 Å². The molecule has 1 aliphatic carbocycles. The minimum absolute atomic E-state index is 0.276. The number of aromatic nitrogens is 2. The second kappa shape index (κ2) is 5.65. The zero-order valence-corrected chi connectivity index (χ0v) is 12.1. The molecule has 1 unspecified atom stereocenters. The summed E-state index contributed by atoms with van der Waals surface area (Å²) in [5.41, 5.74) is 2.78. The lowest BCUT2D eigenvalue weighted by molar-refractivity contribution is 0.413. The van der Waals surface area contributed by atoms with Crippen molar-refractivity contribution in [2.45, 2.75) is 39.0 Å². The number of anilines is 1. The Labute approximate surface area is 119 Å². The molecule has 0 saturated carbocycles. The summed E-state index contributed by atoms with van der Waals surface area (Å²) in [6.45, 7) is 5.16.